The molecule has 0 radical (unpaired) electrons. The number of alkyl halides is 3. The van der Waals surface area contributed by atoms with Gasteiger partial charge in [-0.15, -0.1) is 0 Å². The standard InChI is InChI=1S/C11H9F4NO2/c1-6(10(17)18)5-16-9-4-7(11(13,14)15)2-3-8(9)12/h2-4,16H,1,5H2,(H,17,18). The number of benzene rings is 1. The highest BCUT2D eigenvalue weighted by Gasteiger charge is 2.31. The van der Waals surface area contributed by atoms with Crippen LogP contribution < -0.4 is 5.32 Å². The molecule has 1 aromatic rings. The number of anilines is 1. The highest BCUT2D eigenvalue weighted by atomic mass is 19.4. The van der Waals surface area contributed by atoms with Gasteiger partial charge in [-0.1, -0.05) is 6.58 Å². The average molecular weight is 263 g/mol. The first kappa shape index (κ1) is 14.0. The Labute approximate surface area is 99.7 Å². The molecule has 1 aromatic carbocycles. The Balaban J connectivity index is 2.89. The molecule has 0 aliphatic heterocycles. The van der Waals surface area contributed by atoms with E-state index in [4.69, 9.17) is 5.11 Å². The molecule has 2 N–H and O–H groups in total. The van der Waals surface area contributed by atoms with E-state index in [1.165, 1.54) is 0 Å². The summed E-state index contributed by atoms with van der Waals surface area (Å²) in [4.78, 5) is 10.4. The molecular formula is C11H9F4NO2. The first-order valence-corrected chi connectivity index (χ1v) is 4.73. The van der Waals surface area contributed by atoms with E-state index in [0.717, 1.165) is 0 Å². The topological polar surface area (TPSA) is 49.3 Å². The molecule has 98 valence electrons. The maximum atomic E-state index is 13.2. The number of aliphatic carboxylic acids is 1. The Kier molecular flexibility index (Phi) is 3.95. The fourth-order valence-corrected chi connectivity index (χ4v) is 1.11. The quantitative estimate of drug-likeness (QED) is 0.648. The van der Waals surface area contributed by atoms with Gasteiger partial charge in [0.15, 0.2) is 0 Å². The van der Waals surface area contributed by atoms with E-state index in [1.807, 2.05) is 0 Å². The van der Waals surface area contributed by atoms with E-state index in [0.29, 0.717) is 18.2 Å². The van der Waals surface area contributed by atoms with E-state index in [-0.39, 0.29) is 12.1 Å². The summed E-state index contributed by atoms with van der Waals surface area (Å²) in [7, 11) is 0. The van der Waals surface area contributed by atoms with Gasteiger partial charge in [0, 0.05) is 12.1 Å². The third-order valence-corrected chi connectivity index (χ3v) is 2.09. The van der Waals surface area contributed by atoms with Crippen LogP contribution in [0, 0.1) is 5.82 Å². The van der Waals surface area contributed by atoms with Gasteiger partial charge in [0.2, 0.25) is 0 Å². The lowest BCUT2D eigenvalue weighted by molar-refractivity contribution is -0.137. The normalized spacial score (nSPS) is 11.1. The molecule has 0 saturated carbocycles. The van der Waals surface area contributed by atoms with Gasteiger partial charge < -0.3 is 10.4 Å². The summed E-state index contributed by atoms with van der Waals surface area (Å²) in [6.07, 6.45) is -4.59. The smallest absolute Gasteiger partial charge is 0.416 e. The van der Waals surface area contributed by atoms with Gasteiger partial charge in [-0.3, -0.25) is 0 Å². The molecule has 3 nitrogen and oxygen atoms in total. The number of hydrogen-bond acceptors (Lipinski definition) is 2. The van der Waals surface area contributed by atoms with E-state index >= 15 is 0 Å². The van der Waals surface area contributed by atoms with Gasteiger partial charge >= 0.3 is 12.1 Å². The van der Waals surface area contributed by atoms with E-state index in [1.54, 1.807) is 0 Å². The summed E-state index contributed by atoms with van der Waals surface area (Å²) in [6.45, 7) is 2.81. The van der Waals surface area contributed by atoms with Crippen LogP contribution in [0.4, 0.5) is 23.2 Å². The zero-order valence-corrected chi connectivity index (χ0v) is 9.01. The zero-order chi connectivity index (χ0) is 13.9. The van der Waals surface area contributed by atoms with Gasteiger partial charge in [0.05, 0.1) is 11.3 Å². The number of carboxylic acids is 1. The van der Waals surface area contributed by atoms with Crippen molar-refractivity contribution in [3.63, 3.8) is 0 Å². The largest absolute Gasteiger partial charge is 0.478 e. The minimum atomic E-state index is -4.59. The molecule has 1 rings (SSSR count). The van der Waals surface area contributed by atoms with Crippen molar-refractivity contribution in [2.45, 2.75) is 6.18 Å². The molecule has 0 atom stereocenters. The first-order chi connectivity index (χ1) is 8.21. The summed E-state index contributed by atoms with van der Waals surface area (Å²) in [5.41, 5.74) is -1.73. The highest BCUT2D eigenvalue weighted by molar-refractivity contribution is 5.86. The number of carboxylic acid groups (broad SMARTS) is 1. The summed E-state index contributed by atoms with van der Waals surface area (Å²) < 4.78 is 50.3. The van der Waals surface area contributed by atoms with Crippen molar-refractivity contribution in [1.29, 1.82) is 0 Å². The number of halogens is 4. The van der Waals surface area contributed by atoms with Gasteiger partial charge in [-0.2, -0.15) is 13.2 Å². The van der Waals surface area contributed by atoms with Crippen molar-refractivity contribution < 1.29 is 27.5 Å². The summed E-state index contributed by atoms with van der Waals surface area (Å²) in [5.74, 6) is -2.21. The van der Waals surface area contributed by atoms with Crippen molar-refractivity contribution in [1.82, 2.24) is 0 Å². The Morgan fingerprint density at radius 2 is 2.00 bits per heavy atom. The van der Waals surface area contributed by atoms with Crippen LogP contribution >= 0.6 is 0 Å². The summed E-state index contributed by atoms with van der Waals surface area (Å²) in [6, 6.07) is 1.84. The number of carbonyl (C=O) groups is 1. The van der Waals surface area contributed by atoms with Crippen molar-refractivity contribution >= 4 is 11.7 Å². The predicted molar refractivity (Wildman–Crippen MR) is 56.7 cm³/mol. The van der Waals surface area contributed by atoms with Crippen molar-refractivity contribution in [3.05, 3.63) is 41.7 Å². The molecule has 0 aliphatic rings. The third kappa shape index (κ3) is 3.47. The second-order valence-corrected chi connectivity index (χ2v) is 3.45. The molecule has 0 bridgehead atoms. The predicted octanol–water partition coefficient (Wildman–Crippen LogP) is 2.90. The summed E-state index contributed by atoms with van der Waals surface area (Å²) >= 11 is 0. The minimum absolute atomic E-state index is 0.285. The molecule has 0 amide bonds. The van der Waals surface area contributed by atoms with Gasteiger partial charge in [-0.25, -0.2) is 9.18 Å². The average Bonchev–Trinajstić information content (AvgIpc) is 2.25. The monoisotopic (exact) mass is 263 g/mol. The fourth-order valence-electron chi connectivity index (χ4n) is 1.11. The van der Waals surface area contributed by atoms with E-state index in [2.05, 4.69) is 11.9 Å². The van der Waals surface area contributed by atoms with Crippen molar-refractivity contribution in [2.24, 2.45) is 0 Å². The van der Waals surface area contributed by atoms with Crippen LogP contribution in [-0.4, -0.2) is 17.6 Å². The van der Waals surface area contributed by atoms with Gasteiger partial charge in [0.25, 0.3) is 0 Å². The molecule has 18 heavy (non-hydrogen) atoms. The van der Waals surface area contributed by atoms with Crippen LogP contribution in [0.1, 0.15) is 5.56 Å². The third-order valence-electron chi connectivity index (χ3n) is 2.09. The molecule has 0 aromatic heterocycles. The molecule has 0 heterocycles. The molecule has 7 heteroatoms. The van der Waals surface area contributed by atoms with E-state index < -0.39 is 29.2 Å². The van der Waals surface area contributed by atoms with Gasteiger partial charge in [-0.05, 0) is 18.2 Å². The van der Waals surface area contributed by atoms with Crippen LogP contribution in [0.3, 0.4) is 0 Å². The Bertz CT molecular complexity index is 482. The molecule has 0 saturated heterocycles. The van der Waals surface area contributed by atoms with Crippen molar-refractivity contribution in [3.8, 4) is 0 Å². The number of hydrogen-bond donors (Lipinski definition) is 2. The Morgan fingerprint density at radius 1 is 1.39 bits per heavy atom. The number of nitrogens with one attached hydrogen (secondary N) is 1. The van der Waals surface area contributed by atoms with E-state index in [9.17, 15) is 22.4 Å². The lowest BCUT2D eigenvalue weighted by atomic mass is 10.2. The molecule has 0 fully saturated rings. The fraction of sp³-hybridized carbons (Fsp3) is 0.182. The van der Waals surface area contributed by atoms with Crippen LogP contribution in [0.2, 0.25) is 0 Å². The zero-order valence-electron chi connectivity index (χ0n) is 9.01. The van der Waals surface area contributed by atoms with Crippen molar-refractivity contribution in [2.75, 3.05) is 11.9 Å². The maximum absolute atomic E-state index is 13.2. The van der Waals surface area contributed by atoms with Crippen LogP contribution in [0.25, 0.3) is 0 Å². The SMILES string of the molecule is C=C(CNc1cc(C(F)(F)F)ccc1F)C(=O)O. The number of rotatable bonds is 4. The lowest BCUT2D eigenvalue weighted by Crippen LogP contribution is -2.13. The van der Waals surface area contributed by atoms with Crippen LogP contribution in [0.5, 0.6) is 0 Å². The molecule has 0 spiro atoms. The second kappa shape index (κ2) is 5.07. The second-order valence-electron chi connectivity index (χ2n) is 3.45. The highest BCUT2D eigenvalue weighted by Crippen LogP contribution is 2.31. The summed E-state index contributed by atoms with van der Waals surface area (Å²) in [5, 5.41) is 10.8. The van der Waals surface area contributed by atoms with Gasteiger partial charge in [0.1, 0.15) is 5.82 Å². The van der Waals surface area contributed by atoms with Crippen LogP contribution in [0.15, 0.2) is 30.4 Å². The molecule has 0 aliphatic carbocycles. The Morgan fingerprint density at radius 3 is 2.50 bits per heavy atom. The first-order valence-electron chi connectivity index (χ1n) is 4.73. The molecular weight excluding hydrogens is 254 g/mol. The maximum Gasteiger partial charge on any atom is 0.416 e. The lowest BCUT2D eigenvalue weighted by Gasteiger charge is -2.11. The minimum Gasteiger partial charge on any atom is -0.478 e. The van der Waals surface area contributed by atoms with Crippen LogP contribution in [-0.2, 0) is 11.0 Å². The molecule has 0 unspecified atom stereocenters. The Hall–Kier alpha value is -2.05.